The van der Waals surface area contributed by atoms with Crippen molar-refractivity contribution in [3.63, 3.8) is 0 Å². The van der Waals surface area contributed by atoms with Gasteiger partial charge in [-0.25, -0.2) is 4.98 Å². The second kappa shape index (κ2) is 7.61. The summed E-state index contributed by atoms with van der Waals surface area (Å²) in [5, 5.41) is 8.52. The molecule has 2 aromatic rings. The molecule has 1 aromatic heterocycles. The first kappa shape index (κ1) is 18.9. The highest BCUT2D eigenvalue weighted by Gasteiger charge is 2.20. The molecule has 132 valence electrons. The van der Waals surface area contributed by atoms with Crippen LogP contribution in [0.1, 0.15) is 54.8 Å². The first-order valence-electron chi connectivity index (χ1n) is 8.01. The van der Waals surface area contributed by atoms with Crippen LogP contribution in [0.3, 0.4) is 0 Å². The highest BCUT2D eigenvalue weighted by molar-refractivity contribution is 7.09. The molecular formula is C19H23N3O2S. The summed E-state index contributed by atoms with van der Waals surface area (Å²) in [6.45, 7) is 11.7. The van der Waals surface area contributed by atoms with Crippen molar-refractivity contribution in [1.82, 2.24) is 10.3 Å². The summed E-state index contributed by atoms with van der Waals surface area (Å²) in [4.78, 5) is 28.3. The van der Waals surface area contributed by atoms with Crippen molar-refractivity contribution in [3.8, 4) is 0 Å². The number of thiazole rings is 1. The number of hydrogen-bond donors (Lipinski definition) is 2. The lowest BCUT2D eigenvalue weighted by molar-refractivity contribution is -0.111. The SMILES string of the molecule is C=CC(=O)Nc1ccc(C(=O)NC(C)c2nc(C(C)(C)C)cs2)cc1. The van der Waals surface area contributed by atoms with Gasteiger partial charge in [0.25, 0.3) is 5.91 Å². The number of anilines is 1. The van der Waals surface area contributed by atoms with Crippen molar-refractivity contribution >= 4 is 28.8 Å². The smallest absolute Gasteiger partial charge is 0.251 e. The number of hydrogen-bond acceptors (Lipinski definition) is 4. The van der Waals surface area contributed by atoms with E-state index < -0.39 is 0 Å². The van der Waals surface area contributed by atoms with E-state index in [4.69, 9.17) is 0 Å². The molecule has 1 atom stereocenters. The summed E-state index contributed by atoms with van der Waals surface area (Å²) in [5.41, 5.74) is 2.15. The summed E-state index contributed by atoms with van der Waals surface area (Å²) in [6.07, 6.45) is 1.20. The molecule has 0 aliphatic rings. The Hall–Kier alpha value is -2.47. The van der Waals surface area contributed by atoms with Gasteiger partial charge in [-0.15, -0.1) is 11.3 Å². The molecule has 25 heavy (non-hydrogen) atoms. The van der Waals surface area contributed by atoms with Gasteiger partial charge >= 0.3 is 0 Å². The van der Waals surface area contributed by atoms with Crippen molar-refractivity contribution in [3.05, 3.63) is 58.6 Å². The minimum Gasteiger partial charge on any atom is -0.343 e. The third-order valence-corrected chi connectivity index (χ3v) is 4.64. The summed E-state index contributed by atoms with van der Waals surface area (Å²) >= 11 is 1.55. The molecule has 2 amide bonds. The molecule has 0 saturated heterocycles. The zero-order valence-corrected chi connectivity index (χ0v) is 15.7. The van der Waals surface area contributed by atoms with E-state index in [0.29, 0.717) is 11.3 Å². The lowest BCUT2D eigenvalue weighted by Gasteiger charge is -2.15. The average molecular weight is 357 g/mol. The summed E-state index contributed by atoms with van der Waals surface area (Å²) in [6, 6.07) is 6.53. The molecule has 1 unspecified atom stereocenters. The number of rotatable bonds is 5. The van der Waals surface area contributed by atoms with Gasteiger partial charge in [-0.1, -0.05) is 27.4 Å². The zero-order valence-electron chi connectivity index (χ0n) is 14.9. The first-order valence-corrected chi connectivity index (χ1v) is 8.89. The Bertz CT molecular complexity index is 773. The predicted octanol–water partition coefficient (Wildman–Crippen LogP) is 4.06. The third-order valence-electron chi connectivity index (χ3n) is 3.61. The molecular weight excluding hydrogens is 334 g/mol. The maximum Gasteiger partial charge on any atom is 0.251 e. The van der Waals surface area contributed by atoms with E-state index in [1.165, 1.54) is 6.08 Å². The Morgan fingerprint density at radius 3 is 2.40 bits per heavy atom. The Morgan fingerprint density at radius 2 is 1.88 bits per heavy atom. The molecule has 1 aromatic carbocycles. The van der Waals surface area contributed by atoms with Crippen LogP contribution in [0.15, 0.2) is 42.3 Å². The fourth-order valence-electron chi connectivity index (χ4n) is 2.07. The lowest BCUT2D eigenvalue weighted by atomic mass is 9.93. The molecule has 1 heterocycles. The van der Waals surface area contributed by atoms with Crippen LogP contribution in [0.4, 0.5) is 5.69 Å². The van der Waals surface area contributed by atoms with E-state index in [1.54, 1.807) is 35.6 Å². The van der Waals surface area contributed by atoms with Crippen molar-refractivity contribution in [2.45, 2.75) is 39.2 Å². The van der Waals surface area contributed by atoms with Gasteiger partial charge in [0.05, 0.1) is 11.7 Å². The third kappa shape index (κ3) is 5.00. The van der Waals surface area contributed by atoms with Crippen LogP contribution in [0.2, 0.25) is 0 Å². The number of amides is 2. The van der Waals surface area contributed by atoms with Crippen molar-refractivity contribution in [2.24, 2.45) is 0 Å². The Kier molecular flexibility index (Phi) is 5.74. The fraction of sp³-hybridized carbons (Fsp3) is 0.316. The molecule has 0 aliphatic heterocycles. The Morgan fingerprint density at radius 1 is 1.24 bits per heavy atom. The van der Waals surface area contributed by atoms with E-state index in [1.807, 2.05) is 12.3 Å². The number of benzene rings is 1. The van der Waals surface area contributed by atoms with Crippen LogP contribution in [0.25, 0.3) is 0 Å². The molecule has 0 bridgehead atoms. The highest BCUT2D eigenvalue weighted by atomic mass is 32.1. The zero-order chi connectivity index (χ0) is 18.6. The van der Waals surface area contributed by atoms with Gasteiger partial charge in [-0.2, -0.15) is 0 Å². The Balaban J connectivity index is 2.02. The van der Waals surface area contributed by atoms with Crippen LogP contribution in [-0.4, -0.2) is 16.8 Å². The standard InChI is InChI=1S/C19H23N3O2S/c1-6-16(23)21-14-9-7-13(8-10-14)17(24)20-12(2)18-22-15(11-25-18)19(3,4)5/h6-12H,1H2,2-5H3,(H,20,24)(H,21,23). The normalized spacial score (nSPS) is 12.3. The average Bonchev–Trinajstić information content (AvgIpc) is 3.05. The van der Waals surface area contributed by atoms with Crippen LogP contribution in [0, 0.1) is 0 Å². The Labute approximate surface area is 152 Å². The van der Waals surface area contributed by atoms with E-state index in [0.717, 1.165) is 10.7 Å². The van der Waals surface area contributed by atoms with Crippen LogP contribution in [-0.2, 0) is 10.2 Å². The molecule has 2 N–H and O–H groups in total. The second-order valence-electron chi connectivity index (χ2n) is 6.79. The topological polar surface area (TPSA) is 71.1 Å². The van der Waals surface area contributed by atoms with E-state index in [-0.39, 0.29) is 23.3 Å². The number of aromatic nitrogens is 1. The molecule has 0 radical (unpaired) electrons. The van der Waals surface area contributed by atoms with Crippen LogP contribution in [0.5, 0.6) is 0 Å². The molecule has 2 rings (SSSR count). The van der Waals surface area contributed by atoms with Crippen molar-refractivity contribution in [1.29, 1.82) is 0 Å². The second-order valence-corrected chi connectivity index (χ2v) is 7.68. The summed E-state index contributed by atoms with van der Waals surface area (Å²) < 4.78 is 0. The molecule has 5 nitrogen and oxygen atoms in total. The van der Waals surface area contributed by atoms with Gasteiger partial charge in [0, 0.05) is 22.0 Å². The number of carbonyl (C=O) groups excluding carboxylic acids is 2. The lowest BCUT2D eigenvalue weighted by Crippen LogP contribution is -2.26. The van der Waals surface area contributed by atoms with Gasteiger partial charge in [0.1, 0.15) is 5.01 Å². The summed E-state index contributed by atoms with van der Waals surface area (Å²) in [7, 11) is 0. The predicted molar refractivity (Wildman–Crippen MR) is 102 cm³/mol. The maximum atomic E-state index is 12.4. The van der Waals surface area contributed by atoms with Crippen LogP contribution < -0.4 is 10.6 Å². The van der Waals surface area contributed by atoms with Crippen molar-refractivity contribution < 1.29 is 9.59 Å². The minimum absolute atomic E-state index is 0.00974. The quantitative estimate of drug-likeness (QED) is 0.793. The van der Waals surface area contributed by atoms with E-state index in [2.05, 4.69) is 43.0 Å². The van der Waals surface area contributed by atoms with E-state index in [9.17, 15) is 9.59 Å². The fourth-order valence-corrected chi connectivity index (χ4v) is 3.12. The first-order chi connectivity index (χ1) is 11.7. The van der Waals surface area contributed by atoms with Gasteiger partial charge in [0.2, 0.25) is 5.91 Å². The van der Waals surface area contributed by atoms with Crippen LogP contribution >= 0.6 is 11.3 Å². The van der Waals surface area contributed by atoms with Crippen molar-refractivity contribution in [2.75, 3.05) is 5.32 Å². The minimum atomic E-state index is -0.288. The molecule has 6 heteroatoms. The molecule has 0 spiro atoms. The number of nitrogens with zero attached hydrogens (tertiary/aromatic N) is 1. The van der Waals surface area contributed by atoms with Gasteiger partial charge in [0.15, 0.2) is 0 Å². The monoisotopic (exact) mass is 357 g/mol. The molecule has 0 fully saturated rings. The maximum absolute atomic E-state index is 12.4. The molecule has 0 aliphatic carbocycles. The highest BCUT2D eigenvalue weighted by Crippen LogP contribution is 2.26. The van der Waals surface area contributed by atoms with Gasteiger partial charge < -0.3 is 10.6 Å². The summed E-state index contributed by atoms with van der Waals surface area (Å²) in [5.74, 6) is -0.467. The number of carbonyl (C=O) groups is 2. The van der Waals surface area contributed by atoms with Gasteiger partial charge in [-0.05, 0) is 37.3 Å². The number of nitrogens with one attached hydrogen (secondary N) is 2. The van der Waals surface area contributed by atoms with Gasteiger partial charge in [-0.3, -0.25) is 9.59 Å². The largest absolute Gasteiger partial charge is 0.343 e. The molecule has 0 saturated carbocycles. The van der Waals surface area contributed by atoms with E-state index >= 15 is 0 Å².